The lowest BCUT2D eigenvalue weighted by Gasteiger charge is -2.28. The quantitative estimate of drug-likeness (QED) is 0.757. The molecule has 2 saturated carbocycles. The van der Waals surface area contributed by atoms with E-state index in [0.29, 0.717) is 22.5 Å². The number of aromatic nitrogens is 3. The van der Waals surface area contributed by atoms with E-state index in [-0.39, 0.29) is 23.5 Å². The topological polar surface area (TPSA) is 70.7 Å². The van der Waals surface area contributed by atoms with Crippen LogP contribution in [-0.4, -0.2) is 32.9 Å². The smallest absolute Gasteiger partial charge is 0.230 e. The highest BCUT2D eigenvalue weighted by Crippen LogP contribution is 2.49. The molecule has 0 aliphatic heterocycles. The number of carbonyl (C=O) groups is 1. The number of thioether (sulfide) groups is 1. The largest absolute Gasteiger partial charge is 0.353 e. The molecule has 26 heavy (non-hydrogen) atoms. The number of halogens is 1. The van der Waals surface area contributed by atoms with Crippen molar-refractivity contribution in [1.29, 1.82) is 0 Å². The van der Waals surface area contributed by atoms with Crippen molar-refractivity contribution in [3.05, 3.63) is 30.1 Å². The summed E-state index contributed by atoms with van der Waals surface area (Å²) >= 11 is 1.26. The van der Waals surface area contributed by atoms with E-state index >= 15 is 0 Å². The SMILES string of the molecule is CC(NC(=O)CSc1n[nH]c(-c2ccccc2F)n1)C1CC2CCC1C2. The van der Waals surface area contributed by atoms with Crippen LogP contribution in [-0.2, 0) is 4.79 Å². The van der Waals surface area contributed by atoms with E-state index < -0.39 is 0 Å². The van der Waals surface area contributed by atoms with Gasteiger partial charge >= 0.3 is 0 Å². The average Bonchev–Trinajstić information content (AvgIpc) is 3.37. The normalized spacial score (nSPS) is 25.4. The number of H-pyrrole nitrogens is 1. The summed E-state index contributed by atoms with van der Waals surface area (Å²) in [5, 5.41) is 10.4. The van der Waals surface area contributed by atoms with Gasteiger partial charge in [0.05, 0.1) is 11.3 Å². The molecule has 138 valence electrons. The third-order valence-electron chi connectivity index (χ3n) is 5.75. The number of nitrogens with one attached hydrogen (secondary N) is 2. The Hall–Kier alpha value is -1.89. The summed E-state index contributed by atoms with van der Waals surface area (Å²) in [5.41, 5.74) is 0.376. The van der Waals surface area contributed by atoms with Gasteiger partial charge in [-0.2, -0.15) is 0 Å². The van der Waals surface area contributed by atoms with Gasteiger partial charge in [0.15, 0.2) is 5.82 Å². The van der Waals surface area contributed by atoms with Gasteiger partial charge in [0.2, 0.25) is 11.1 Å². The lowest BCUT2D eigenvalue weighted by Crippen LogP contribution is -2.40. The van der Waals surface area contributed by atoms with Crippen molar-refractivity contribution in [2.24, 2.45) is 17.8 Å². The molecule has 2 aliphatic rings. The van der Waals surface area contributed by atoms with Gasteiger partial charge in [-0.25, -0.2) is 9.37 Å². The van der Waals surface area contributed by atoms with E-state index in [1.807, 2.05) is 0 Å². The highest BCUT2D eigenvalue weighted by Gasteiger charge is 2.42. The second kappa shape index (κ2) is 7.39. The molecule has 2 fully saturated rings. The maximum atomic E-state index is 13.8. The van der Waals surface area contributed by atoms with E-state index in [1.165, 1.54) is 43.5 Å². The fourth-order valence-electron chi connectivity index (χ4n) is 4.52. The molecule has 4 atom stereocenters. The third kappa shape index (κ3) is 3.63. The van der Waals surface area contributed by atoms with Crippen LogP contribution < -0.4 is 5.32 Å². The summed E-state index contributed by atoms with van der Waals surface area (Å²) in [5.74, 6) is 2.59. The molecule has 1 aromatic heterocycles. The number of hydrogen-bond donors (Lipinski definition) is 2. The van der Waals surface area contributed by atoms with Crippen molar-refractivity contribution in [3.63, 3.8) is 0 Å². The fraction of sp³-hybridized carbons (Fsp3) is 0.526. The molecule has 2 N–H and O–H groups in total. The van der Waals surface area contributed by atoms with E-state index in [0.717, 1.165) is 11.8 Å². The molecule has 4 unspecified atom stereocenters. The van der Waals surface area contributed by atoms with Gasteiger partial charge in [-0.3, -0.25) is 9.89 Å². The second-order valence-electron chi connectivity index (χ2n) is 7.43. The Kier molecular flexibility index (Phi) is 4.98. The molecule has 1 amide bonds. The molecule has 2 aliphatic carbocycles. The Morgan fingerprint density at radius 3 is 2.96 bits per heavy atom. The zero-order chi connectivity index (χ0) is 18.1. The van der Waals surface area contributed by atoms with Crippen LogP contribution in [0, 0.1) is 23.6 Å². The molecule has 5 nitrogen and oxygen atoms in total. The summed E-state index contributed by atoms with van der Waals surface area (Å²) in [6.45, 7) is 2.12. The minimum absolute atomic E-state index is 0.00233. The number of amides is 1. The monoisotopic (exact) mass is 374 g/mol. The van der Waals surface area contributed by atoms with Gasteiger partial charge in [0.1, 0.15) is 5.82 Å². The van der Waals surface area contributed by atoms with E-state index in [1.54, 1.807) is 18.2 Å². The molecule has 0 spiro atoms. The predicted octanol–water partition coefficient (Wildman–Crippen LogP) is 3.64. The zero-order valence-electron chi connectivity index (χ0n) is 14.7. The molecule has 2 bridgehead atoms. The molecule has 1 aromatic carbocycles. The molecule has 2 aromatic rings. The molecule has 0 radical (unpaired) electrons. The van der Waals surface area contributed by atoms with Crippen molar-refractivity contribution in [3.8, 4) is 11.4 Å². The van der Waals surface area contributed by atoms with Crippen LogP contribution in [0.1, 0.15) is 32.6 Å². The lowest BCUT2D eigenvalue weighted by atomic mass is 9.84. The van der Waals surface area contributed by atoms with Crippen molar-refractivity contribution in [1.82, 2.24) is 20.5 Å². The summed E-state index contributed by atoms with van der Waals surface area (Å²) in [7, 11) is 0. The second-order valence-corrected chi connectivity index (χ2v) is 8.37. The third-order valence-corrected chi connectivity index (χ3v) is 6.60. The van der Waals surface area contributed by atoms with Crippen LogP contribution in [0.4, 0.5) is 4.39 Å². The van der Waals surface area contributed by atoms with Gasteiger partial charge in [-0.05, 0) is 56.1 Å². The van der Waals surface area contributed by atoms with Gasteiger partial charge < -0.3 is 5.32 Å². The van der Waals surface area contributed by atoms with Crippen molar-refractivity contribution >= 4 is 17.7 Å². The summed E-state index contributed by atoms with van der Waals surface area (Å²) in [6, 6.07) is 6.63. The average molecular weight is 374 g/mol. The highest BCUT2D eigenvalue weighted by molar-refractivity contribution is 7.99. The van der Waals surface area contributed by atoms with E-state index in [4.69, 9.17) is 0 Å². The summed E-state index contributed by atoms with van der Waals surface area (Å²) < 4.78 is 13.8. The Balaban J connectivity index is 1.29. The number of aromatic amines is 1. The number of nitrogens with zero attached hydrogens (tertiary/aromatic N) is 2. The number of benzene rings is 1. The Labute approximate surface area is 156 Å². The van der Waals surface area contributed by atoms with Crippen LogP contribution in [0.3, 0.4) is 0 Å². The van der Waals surface area contributed by atoms with Crippen LogP contribution in [0.2, 0.25) is 0 Å². The Bertz CT molecular complexity index is 795. The molecule has 4 rings (SSSR count). The maximum absolute atomic E-state index is 13.8. The predicted molar refractivity (Wildman–Crippen MR) is 99.0 cm³/mol. The Morgan fingerprint density at radius 2 is 2.23 bits per heavy atom. The van der Waals surface area contributed by atoms with Crippen LogP contribution in [0.15, 0.2) is 29.4 Å². The molecular formula is C19H23FN4OS. The van der Waals surface area contributed by atoms with E-state index in [2.05, 4.69) is 27.4 Å². The van der Waals surface area contributed by atoms with Crippen LogP contribution in [0.5, 0.6) is 0 Å². The molecule has 0 saturated heterocycles. The summed E-state index contributed by atoms with van der Waals surface area (Å²) in [4.78, 5) is 16.5. The first kappa shape index (κ1) is 17.5. The van der Waals surface area contributed by atoms with Gasteiger partial charge in [-0.15, -0.1) is 5.10 Å². The Morgan fingerprint density at radius 1 is 1.38 bits per heavy atom. The van der Waals surface area contributed by atoms with Crippen molar-refractivity contribution in [2.45, 2.75) is 43.8 Å². The van der Waals surface area contributed by atoms with Gasteiger partial charge in [0, 0.05) is 6.04 Å². The lowest BCUT2D eigenvalue weighted by molar-refractivity contribution is -0.119. The minimum Gasteiger partial charge on any atom is -0.353 e. The standard InChI is InChI=1S/C19H23FN4OS/c1-11(15-9-12-6-7-13(15)8-12)21-17(25)10-26-19-22-18(23-24-19)14-4-2-3-5-16(14)20/h2-5,11-13,15H,6-10H2,1H3,(H,21,25)(H,22,23,24). The minimum atomic E-state index is -0.349. The number of fused-ring (bicyclic) bond motifs is 2. The fourth-order valence-corrected chi connectivity index (χ4v) is 5.13. The first-order valence-corrected chi connectivity index (χ1v) is 10.2. The van der Waals surface area contributed by atoms with Crippen molar-refractivity contribution < 1.29 is 9.18 Å². The van der Waals surface area contributed by atoms with Crippen molar-refractivity contribution in [2.75, 3.05) is 5.75 Å². The van der Waals surface area contributed by atoms with Crippen LogP contribution in [0.25, 0.3) is 11.4 Å². The summed E-state index contributed by atoms with van der Waals surface area (Å²) in [6.07, 6.45) is 5.29. The first-order chi connectivity index (χ1) is 12.6. The number of rotatable bonds is 6. The van der Waals surface area contributed by atoms with E-state index in [9.17, 15) is 9.18 Å². The first-order valence-electron chi connectivity index (χ1n) is 9.19. The number of carbonyl (C=O) groups excluding carboxylic acids is 1. The highest BCUT2D eigenvalue weighted by atomic mass is 32.2. The maximum Gasteiger partial charge on any atom is 0.230 e. The van der Waals surface area contributed by atoms with Gasteiger partial charge in [-0.1, -0.05) is 30.3 Å². The zero-order valence-corrected chi connectivity index (χ0v) is 15.6. The molecule has 7 heteroatoms. The van der Waals surface area contributed by atoms with Crippen LogP contribution >= 0.6 is 11.8 Å². The molecular weight excluding hydrogens is 351 g/mol. The number of hydrogen-bond acceptors (Lipinski definition) is 4. The molecule has 1 heterocycles. The van der Waals surface area contributed by atoms with Gasteiger partial charge in [0.25, 0.3) is 0 Å².